The Labute approximate surface area is 255 Å². The van der Waals surface area contributed by atoms with Crippen LogP contribution in [0.5, 0.6) is 11.8 Å². The van der Waals surface area contributed by atoms with Gasteiger partial charge in [0.05, 0.1) is 31.6 Å². The number of morpholine rings is 1. The zero-order chi connectivity index (χ0) is 29.9. The molecular formula is C26H37ClF2N8O5S. The number of halogens is 3. The number of nitrogens with zero attached hydrogens (tertiary/aromatic N) is 8. The van der Waals surface area contributed by atoms with Gasteiger partial charge < -0.3 is 24.0 Å². The molecule has 2 aliphatic heterocycles. The molecule has 3 aromatic rings. The maximum absolute atomic E-state index is 14.4. The minimum Gasteiger partial charge on any atom is -0.491 e. The summed E-state index contributed by atoms with van der Waals surface area (Å²) in [5.41, 5.74) is 0.642. The third-order valence-electron chi connectivity index (χ3n) is 7.10. The molecule has 0 N–H and O–H groups in total. The second-order valence-corrected chi connectivity index (χ2v) is 12.5. The van der Waals surface area contributed by atoms with E-state index < -0.39 is 22.3 Å². The number of imidazole rings is 1. The van der Waals surface area contributed by atoms with Gasteiger partial charge in [0.2, 0.25) is 21.9 Å². The molecule has 0 spiro atoms. The lowest BCUT2D eigenvalue weighted by atomic mass is 10.1. The van der Waals surface area contributed by atoms with Crippen molar-refractivity contribution in [2.24, 2.45) is 0 Å². The molecule has 2 saturated heterocycles. The summed E-state index contributed by atoms with van der Waals surface area (Å²) in [6, 6.07) is 5.06. The van der Waals surface area contributed by atoms with Crippen LogP contribution in [0.15, 0.2) is 18.2 Å². The summed E-state index contributed by atoms with van der Waals surface area (Å²) >= 11 is 0. The third kappa shape index (κ3) is 7.98. The lowest BCUT2D eigenvalue weighted by Gasteiger charge is -2.30. The van der Waals surface area contributed by atoms with Gasteiger partial charge in [-0.25, -0.2) is 26.5 Å². The van der Waals surface area contributed by atoms with Crippen LogP contribution >= 0.6 is 12.4 Å². The second-order valence-electron chi connectivity index (χ2n) is 10.5. The molecule has 1 aromatic carbocycles. The summed E-state index contributed by atoms with van der Waals surface area (Å²) < 4.78 is 72.8. The highest BCUT2D eigenvalue weighted by Crippen LogP contribution is 2.33. The van der Waals surface area contributed by atoms with Crippen LogP contribution in [0.4, 0.5) is 14.7 Å². The Morgan fingerprint density at radius 2 is 1.74 bits per heavy atom. The second kappa shape index (κ2) is 14.2. The topological polar surface area (TPSA) is 128 Å². The molecule has 0 radical (unpaired) electrons. The van der Waals surface area contributed by atoms with Crippen LogP contribution in [0.3, 0.4) is 0 Å². The van der Waals surface area contributed by atoms with E-state index in [9.17, 15) is 17.2 Å². The molecule has 4 heterocycles. The summed E-state index contributed by atoms with van der Waals surface area (Å²) in [5.74, 6) is 0.0759. The van der Waals surface area contributed by atoms with Crippen LogP contribution in [0.2, 0.25) is 0 Å². The van der Waals surface area contributed by atoms with Crippen LogP contribution in [0, 0.1) is 0 Å². The average Bonchev–Trinajstić information content (AvgIpc) is 3.36. The van der Waals surface area contributed by atoms with E-state index in [2.05, 4.69) is 19.9 Å². The van der Waals surface area contributed by atoms with Gasteiger partial charge in [-0.1, -0.05) is 6.07 Å². The van der Waals surface area contributed by atoms with Gasteiger partial charge in [0, 0.05) is 32.7 Å². The van der Waals surface area contributed by atoms with Gasteiger partial charge in [0.25, 0.3) is 6.43 Å². The van der Waals surface area contributed by atoms with Crippen molar-refractivity contribution in [1.82, 2.24) is 33.7 Å². The number of alkyl halides is 2. The molecule has 0 bridgehead atoms. The number of rotatable bonds is 11. The van der Waals surface area contributed by atoms with Crippen LogP contribution in [-0.4, -0.2) is 121 Å². The van der Waals surface area contributed by atoms with Crippen LogP contribution in [0.25, 0.3) is 17.0 Å². The molecule has 5 rings (SSSR count). The van der Waals surface area contributed by atoms with Crippen molar-refractivity contribution in [3.05, 3.63) is 24.0 Å². The molecule has 0 aliphatic carbocycles. The van der Waals surface area contributed by atoms with Gasteiger partial charge in [0.1, 0.15) is 17.4 Å². The van der Waals surface area contributed by atoms with Gasteiger partial charge in [0.15, 0.2) is 5.82 Å². The molecule has 0 atom stereocenters. The quantitative estimate of drug-likeness (QED) is 0.285. The summed E-state index contributed by atoms with van der Waals surface area (Å²) in [6.45, 7) is 3.76. The first-order chi connectivity index (χ1) is 20.1. The first kappa shape index (κ1) is 33.0. The van der Waals surface area contributed by atoms with Crippen molar-refractivity contribution in [3.63, 3.8) is 0 Å². The number of hydrogen-bond acceptors (Lipinski definition) is 11. The summed E-state index contributed by atoms with van der Waals surface area (Å²) in [7, 11) is 0.628. The third-order valence-corrected chi connectivity index (χ3v) is 8.41. The van der Waals surface area contributed by atoms with Gasteiger partial charge in [-0.3, -0.25) is 4.57 Å². The molecule has 2 aromatic heterocycles. The molecule has 0 unspecified atom stereocenters. The Hall–Kier alpha value is -2.92. The summed E-state index contributed by atoms with van der Waals surface area (Å²) in [6.07, 6.45) is -0.472. The molecule has 0 saturated carbocycles. The monoisotopic (exact) mass is 646 g/mol. The van der Waals surface area contributed by atoms with E-state index >= 15 is 0 Å². The number of piperidine rings is 1. The highest BCUT2D eigenvalue weighted by Gasteiger charge is 2.29. The number of fused-ring (bicyclic) bond motifs is 1. The summed E-state index contributed by atoms with van der Waals surface area (Å²) in [4.78, 5) is 21.7. The maximum atomic E-state index is 14.4. The molecule has 0 amide bonds. The Morgan fingerprint density at radius 3 is 2.40 bits per heavy atom. The molecule has 2 aliphatic rings. The normalized spacial score (nSPS) is 17.0. The fourth-order valence-corrected chi connectivity index (χ4v) is 5.83. The van der Waals surface area contributed by atoms with E-state index in [0.717, 1.165) is 13.0 Å². The predicted octanol–water partition coefficient (Wildman–Crippen LogP) is 2.54. The predicted molar refractivity (Wildman–Crippen MR) is 158 cm³/mol. The average molecular weight is 647 g/mol. The molecule has 43 heavy (non-hydrogen) atoms. The van der Waals surface area contributed by atoms with Gasteiger partial charge in [-0.2, -0.15) is 15.0 Å². The number of para-hydroxylation sites is 1. The molecule has 17 heteroatoms. The fourth-order valence-electron chi connectivity index (χ4n) is 4.95. The van der Waals surface area contributed by atoms with Gasteiger partial charge >= 0.3 is 6.01 Å². The number of sulfonamides is 1. The number of anilines is 1. The molecule has 2 fully saturated rings. The van der Waals surface area contributed by atoms with Crippen molar-refractivity contribution >= 4 is 39.4 Å². The smallest absolute Gasteiger partial charge is 0.323 e. The van der Waals surface area contributed by atoms with E-state index in [0.29, 0.717) is 70.1 Å². The largest absolute Gasteiger partial charge is 0.491 e. The first-order valence-electron chi connectivity index (χ1n) is 13.9. The van der Waals surface area contributed by atoms with Crippen molar-refractivity contribution < 1.29 is 31.4 Å². The zero-order valence-corrected chi connectivity index (χ0v) is 26.0. The van der Waals surface area contributed by atoms with E-state index in [4.69, 9.17) is 14.2 Å². The van der Waals surface area contributed by atoms with Gasteiger partial charge in [-0.15, -0.1) is 12.4 Å². The molecule has 13 nitrogen and oxygen atoms in total. The van der Waals surface area contributed by atoms with E-state index in [-0.39, 0.29) is 41.9 Å². The highest BCUT2D eigenvalue weighted by molar-refractivity contribution is 7.88. The standard InChI is InChI=1S/C26H36F2N8O5S.ClH/c1-33(2)10-5-15-40-20-7-4-6-19-21(20)29-23(22(27)28)36(19)25-30-24(34-13-16-39-17-14-34)31-26(32-25)41-18-8-11-35(12-9-18)42(3,37)38;/h4,6-7,18,22H,5,8-17H2,1-3H3;1H. The minimum absolute atomic E-state index is 0. The van der Waals surface area contributed by atoms with Crippen molar-refractivity contribution in [2.75, 3.05) is 77.8 Å². The lowest BCUT2D eigenvalue weighted by Crippen LogP contribution is -2.41. The maximum Gasteiger partial charge on any atom is 0.323 e. The fraction of sp³-hybridized carbons (Fsp3) is 0.615. The molecular weight excluding hydrogens is 610 g/mol. The number of aromatic nitrogens is 5. The van der Waals surface area contributed by atoms with Crippen molar-refractivity contribution in [3.8, 4) is 17.7 Å². The van der Waals surface area contributed by atoms with Crippen LogP contribution in [0.1, 0.15) is 31.5 Å². The van der Waals surface area contributed by atoms with E-state index in [1.54, 1.807) is 18.2 Å². The van der Waals surface area contributed by atoms with Crippen molar-refractivity contribution in [1.29, 1.82) is 0 Å². The zero-order valence-electron chi connectivity index (χ0n) is 24.4. The lowest BCUT2D eigenvalue weighted by molar-refractivity contribution is 0.118. The SMILES string of the molecule is CN(C)CCCOc1cccc2c1nc(C(F)F)n2-c1nc(OC2CCN(S(C)(=O)=O)CC2)nc(N2CCOCC2)n1.Cl. The minimum atomic E-state index is -3.30. The number of ether oxygens (including phenoxy) is 3. The molecule has 238 valence electrons. The van der Waals surface area contributed by atoms with Crippen LogP contribution in [-0.2, 0) is 14.8 Å². The Morgan fingerprint density at radius 1 is 1.05 bits per heavy atom. The Balaban J connectivity index is 0.00000423. The van der Waals surface area contributed by atoms with Gasteiger partial charge in [-0.05, 0) is 45.5 Å². The van der Waals surface area contributed by atoms with Crippen LogP contribution < -0.4 is 14.4 Å². The number of benzene rings is 1. The van der Waals surface area contributed by atoms with E-state index in [1.165, 1.54) is 15.1 Å². The number of hydrogen-bond donors (Lipinski definition) is 0. The van der Waals surface area contributed by atoms with E-state index in [1.807, 2.05) is 23.9 Å². The summed E-state index contributed by atoms with van der Waals surface area (Å²) in [5, 5.41) is 0. The Kier molecular flexibility index (Phi) is 10.9. The first-order valence-corrected chi connectivity index (χ1v) is 15.7. The van der Waals surface area contributed by atoms with Crippen molar-refractivity contribution in [2.45, 2.75) is 31.8 Å². The Bertz CT molecular complexity index is 1480. The highest BCUT2D eigenvalue weighted by atomic mass is 35.5.